The molecule has 0 bridgehead atoms. The second-order valence-electron chi connectivity index (χ2n) is 19.7. The van der Waals surface area contributed by atoms with Gasteiger partial charge in [0.15, 0.2) is 0 Å². The maximum atomic E-state index is 14.8. The fourth-order valence-electron chi connectivity index (χ4n) is 9.44. The standard InChI is InChI=1S/C52H55F2N6O13PS/c1-51(2,3)44(57-46(64)40-25-32-24-33(17-19-39(32)75-40)52(53,54)74(69,70)71)50(68)59-27-34(26-37(59)48(66)58-22-23-72-38(28-58)30-12-8-6-9-13-30)73-29-42(62)55-21-10-5-4-7-14-31-15-11-16-35-43(31)49(67)60(47(35)65)36-18-20-41(61)56-45(36)63/h6,8-9,11-13,15-17,19,24-25,34,36-38,44H,4-5,10,18,20-23,26-29H2,1-3H3,(H,55,62)(H,57,64)(H,56,61,63)(H2,69,70,71)/t34-,36?,37-,38-,44?/m0/s1. The summed E-state index contributed by atoms with van der Waals surface area (Å²) in [6.07, 6.45) is 0.326. The number of nitrogens with one attached hydrogen (secondary N) is 3. The summed E-state index contributed by atoms with van der Waals surface area (Å²) in [6.45, 7) is 5.62. The number of benzene rings is 3. The number of morpholine rings is 1. The van der Waals surface area contributed by atoms with Crippen LogP contribution in [0, 0.1) is 17.3 Å². The topological polar surface area (TPSA) is 258 Å². The molecule has 0 saturated carbocycles. The van der Waals surface area contributed by atoms with Gasteiger partial charge in [0.25, 0.3) is 17.7 Å². The molecule has 5 atom stereocenters. The lowest BCUT2D eigenvalue weighted by molar-refractivity contribution is -0.150. The van der Waals surface area contributed by atoms with Gasteiger partial charge in [0.05, 0.1) is 35.3 Å². The third-order valence-corrected chi connectivity index (χ3v) is 15.5. The van der Waals surface area contributed by atoms with E-state index in [9.17, 15) is 61.5 Å². The van der Waals surface area contributed by atoms with Gasteiger partial charge in [-0.2, -0.15) is 8.78 Å². The largest absolute Gasteiger partial charge is 0.399 e. The molecule has 19 nitrogen and oxygen atoms in total. The minimum atomic E-state index is -5.86. The predicted octanol–water partition coefficient (Wildman–Crippen LogP) is 4.60. The number of likely N-dealkylation sites (tertiary alicyclic amines) is 1. The number of carbonyl (C=O) groups is 8. The van der Waals surface area contributed by atoms with Gasteiger partial charge in [0.1, 0.15) is 30.8 Å². The number of fused-ring (bicyclic) bond motifs is 2. The summed E-state index contributed by atoms with van der Waals surface area (Å²) < 4.78 is 53.2. The van der Waals surface area contributed by atoms with E-state index >= 15 is 0 Å². The number of ether oxygens (including phenoxy) is 2. The molecule has 4 aliphatic heterocycles. The Morgan fingerprint density at radius 2 is 1.73 bits per heavy atom. The summed E-state index contributed by atoms with van der Waals surface area (Å²) in [6, 6.07) is 15.0. The van der Waals surface area contributed by atoms with Crippen molar-refractivity contribution in [3.63, 3.8) is 0 Å². The number of nitrogens with zero attached hydrogens (tertiary/aromatic N) is 3. The van der Waals surface area contributed by atoms with Crippen molar-refractivity contribution in [2.24, 2.45) is 5.41 Å². The molecule has 75 heavy (non-hydrogen) atoms. The zero-order valence-corrected chi connectivity index (χ0v) is 42.8. The number of imide groups is 2. The molecule has 8 amide bonds. The maximum absolute atomic E-state index is 14.8. The van der Waals surface area contributed by atoms with Gasteiger partial charge < -0.3 is 39.7 Å². The molecule has 0 aliphatic carbocycles. The summed E-state index contributed by atoms with van der Waals surface area (Å²) in [7, 11) is -5.86. The minimum absolute atomic E-state index is 0.00161. The molecule has 23 heteroatoms. The van der Waals surface area contributed by atoms with Crippen molar-refractivity contribution in [1.29, 1.82) is 0 Å². The van der Waals surface area contributed by atoms with Crippen molar-refractivity contribution < 1.29 is 71.0 Å². The van der Waals surface area contributed by atoms with Crippen LogP contribution in [0.1, 0.15) is 112 Å². The average molecular weight is 1070 g/mol. The van der Waals surface area contributed by atoms with Crippen LogP contribution in [0.5, 0.6) is 0 Å². The van der Waals surface area contributed by atoms with Crippen LogP contribution >= 0.6 is 18.9 Å². The van der Waals surface area contributed by atoms with Crippen molar-refractivity contribution in [3.05, 3.63) is 105 Å². The zero-order chi connectivity index (χ0) is 54.0. The van der Waals surface area contributed by atoms with Crippen LogP contribution in [0.2, 0.25) is 0 Å². The number of alkyl halides is 2. The first-order chi connectivity index (χ1) is 35.5. The van der Waals surface area contributed by atoms with Gasteiger partial charge in [-0.1, -0.05) is 75.1 Å². The lowest BCUT2D eigenvalue weighted by atomic mass is 9.85. The molecule has 3 saturated heterocycles. The molecule has 1 aromatic heterocycles. The quantitative estimate of drug-likeness (QED) is 0.0473. The first-order valence-electron chi connectivity index (χ1n) is 24.3. The van der Waals surface area contributed by atoms with Crippen LogP contribution in [0.15, 0.2) is 72.8 Å². The van der Waals surface area contributed by atoms with Crippen LogP contribution in [0.3, 0.4) is 0 Å². The molecule has 0 spiro atoms. The van der Waals surface area contributed by atoms with Gasteiger partial charge in [0, 0.05) is 54.7 Å². The van der Waals surface area contributed by atoms with E-state index in [1.165, 1.54) is 23.1 Å². The highest BCUT2D eigenvalue weighted by atomic mass is 32.1. The van der Waals surface area contributed by atoms with Gasteiger partial charge in [-0.25, -0.2) is 0 Å². The van der Waals surface area contributed by atoms with Crippen LogP contribution in [-0.2, 0) is 43.7 Å². The van der Waals surface area contributed by atoms with Crippen LogP contribution in [-0.4, -0.2) is 135 Å². The zero-order valence-electron chi connectivity index (χ0n) is 41.1. The molecule has 8 rings (SSSR count). The Bertz CT molecular complexity index is 3060. The first kappa shape index (κ1) is 54.5. The normalized spacial score (nSPS) is 20.6. The van der Waals surface area contributed by atoms with E-state index in [1.54, 1.807) is 37.8 Å². The maximum Gasteiger partial charge on any atom is 0.399 e. The number of unbranched alkanes of at least 4 members (excludes halogenated alkanes) is 2. The van der Waals surface area contributed by atoms with Crippen LogP contribution < -0.4 is 16.0 Å². The summed E-state index contributed by atoms with van der Waals surface area (Å²) in [4.78, 5) is 129. The summed E-state index contributed by atoms with van der Waals surface area (Å²) in [5.41, 5.74) is -4.93. The van der Waals surface area contributed by atoms with Crippen molar-refractivity contribution in [2.45, 2.75) is 95.3 Å². The molecule has 3 aromatic carbocycles. The van der Waals surface area contributed by atoms with Gasteiger partial charge >= 0.3 is 13.3 Å². The highest BCUT2D eigenvalue weighted by Crippen LogP contribution is 2.59. The second-order valence-corrected chi connectivity index (χ2v) is 22.5. The Morgan fingerprint density at radius 1 is 0.973 bits per heavy atom. The summed E-state index contributed by atoms with van der Waals surface area (Å²) in [5, 5.41) is 7.90. The molecule has 5 heterocycles. The molecule has 4 aliphatic rings. The second kappa shape index (κ2) is 22.2. The van der Waals surface area contributed by atoms with Crippen LogP contribution in [0.25, 0.3) is 10.1 Å². The number of hydrogen-bond acceptors (Lipinski definition) is 12. The summed E-state index contributed by atoms with van der Waals surface area (Å²) >= 11 is 0.928. The monoisotopic (exact) mass is 1070 g/mol. The Balaban J connectivity index is 0.891. The molecule has 3 fully saturated rings. The number of piperidine rings is 1. The van der Waals surface area contributed by atoms with E-state index in [2.05, 4.69) is 27.8 Å². The van der Waals surface area contributed by atoms with Crippen molar-refractivity contribution in [1.82, 2.24) is 30.7 Å². The molecule has 0 radical (unpaired) electrons. The van der Waals surface area contributed by atoms with Crippen LogP contribution in [0.4, 0.5) is 8.78 Å². The van der Waals surface area contributed by atoms with E-state index in [-0.39, 0.29) is 79.3 Å². The number of halogens is 2. The lowest BCUT2D eigenvalue weighted by Crippen LogP contribution is -2.58. The third-order valence-electron chi connectivity index (χ3n) is 13.4. The molecule has 2 unspecified atom stereocenters. The number of thiophene rings is 1. The van der Waals surface area contributed by atoms with E-state index in [0.717, 1.165) is 33.9 Å². The minimum Gasteiger partial charge on any atom is -0.370 e. The van der Waals surface area contributed by atoms with Gasteiger partial charge in [-0.15, -0.1) is 11.3 Å². The fourth-order valence-corrected chi connectivity index (χ4v) is 10.9. The summed E-state index contributed by atoms with van der Waals surface area (Å²) in [5.74, 6) is 1.36. The molecular formula is C52H55F2N6O13PS. The Labute approximate surface area is 433 Å². The highest BCUT2D eigenvalue weighted by molar-refractivity contribution is 7.52. The lowest BCUT2D eigenvalue weighted by Gasteiger charge is -2.38. The SMILES string of the molecule is CC(C)(C)C(NC(=O)c1cc2cc(C(F)(F)P(=O)(O)O)ccc2s1)C(=O)N1C[C@@H](OCC(=O)NCCCCC#Cc2cccc3c2C(=O)N(C2CCC(=O)NC2=O)C3=O)C[C@H]1C(=O)N1CCO[C@H](c2ccccc2)C1. The number of carbonyl (C=O) groups excluding carboxylic acids is 8. The predicted molar refractivity (Wildman–Crippen MR) is 267 cm³/mol. The Morgan fingerprint density at radius 3 is 2.45 bits per heavy atom. The molecular weight excluding hydrogens is 1020 g/mol. The van der Waals surface area contributed by atoms with E-state index in [1.807, 2.05) is 30.3 Å². The smallest absolute Gasteiger partial charge is 0.370 e. The van der Waals surface area contributed by atoms with E-state index in [4.69, 9.17) is 9.47 Å². The first-order valence-corrected chi connectivity index (χ1v) is 26.7. The Hall–Kier alpha value is -6.73. The van der Waals surface area contributed by atoms with Crippen molar-refractivity contribution in [3.8, 4) is 11.8 Å². The van der Waals surface area contributed by atoms with Gasteiger partial charge in [0.2, 0.25) is 29.5 Å². The van der Waals surface area contributed by atoms with Crippen molar-refractivity contribution >= 4 is 76.3 Å². The fraction of sp³-hybridized carbons (Fsp3) is 0.423. The number of hydrogen-bond donors (Lipinski definition) is 5. The molecule has 5 N–H and O–H groups in total. The molecule has 396 valence electrons. The number of rotatable bonds is 15. The van der Waals surface area contributed by atoms with Gasteiger partial charge in [-0.05, 0) is 66.0 Å². The molecule has 4 aromatic rings. The highest BCUT2D eigenvalue weighted by Gasteiger charge is 2.51. The van der Waals surface area contributed by atoms with E-state index in [0.29, 0.717) is 29.5 Å². The third kappa shape index (κ3) is 11.9. The average Bonchev–Trinajstić information content (AvgIpc) is 4.09. The number of amides is 8. The van der Waals surface area contributed by atoms with E-state index < -0.39 is 103 Å². The Kier molecular flexibility index (Phi) is 16.2. The van der Waals surface area contributed by atoms with Crippen molar-refractivity contribution in [2.75, 3.05) is 39.4 Å². The van der Waals surface area contributed by atoms with Gasteiger partial charge in [-0.3, -0.25) is 53.1 Å².